The number of nitrogens with one attached hydrogen (secondary N) is 2. The monoisotopic (exact) mass is 344 g/mol. The molecule has 4 nitrogen and oxygen atoms in total. The van der Waals surface area contributed by atoms with Crippen molar-refractivity contribution in [2.24, 2.45) is 0 Å². The molecule has 2 aromatic carbocycles. The Hall–Kier alpha value is -1.92. The number of anilines is 2. The Balaban J connectivity index is 1.80. The quantitative estimate of drug-likeness (QED) is 0.823. The lowest BCUT2D eigenvalue weighted by Crippen LogP contribution is -2.26. The molecule has 2 aromatic rings. The summed E-state index contributed by atoms with van der Waals surface area (Å²) in [5.41, 5.74) is 1.98. The number of hydrogen-bond acceptors (Lipinski definition) is 4. The Morgan fingerprint density at radius 3 is 2.87 bits per heavy atom. The molecule has 1 aliphatic heterocycles. The van der Waals surface area contributed by atoms with Crippen LogP contribution < -0.4 is 10.6 Å². The summed E-state index contributed by atoms with van der Waals surface area (Å²) in [6.07, 6.45) is 1.99. The van der Waals surface area contributed by atoms with E-state index in [4.69, 9.17) is 0 Å². The Labute approximate surface area is 143 Å². The Bertz CT molecular complexity index is 777. The summed E-state index contributed by atoms with van der Waals surface area (Å²) in [4.78, 5) is 26.2. The van der Waals surface area contributed by atoms with Gasteiger partial charge >= 0.3 is 0 Å². The molecule has 0 fully saturated rings. The van der Waals surface area contributed by atoms with Crippen LogP contribution in [0.1, 0.15) is 17.3 Å². The van der Waals surface area contributed by atoms with Gasteiger partial charge in [-0.05, 0) is 49.6 Å². The number of amides is 2. The summed E-state index contributed by atoms with van der Waals surface area (Å²) < 4.78 is 0. The summed E-state index contributed by atoms with van der Waals surface area (Å²) in [5, 5.41) is 5.62. The van der Waals surface area contributed by atoms with Gasteiger partial charge in [-0.15, -0.1) is 23.5 Å². The van der Waals surface area contributed by atoms with E-state index >= 15 is 0 Å². The van der Waals surface area contributed by atoms with Crippen molar-refractivity contribution in [1.29, 1.82) is 0 Å². The van der Waals surface area contributed by atoms with E-state index in [0.717, 1.165) is 15.5 Å². The fraction of sp³-hybridized carbons (Fsp3) is 0.176. The molecule has 23 heavy (non-hydrogen) atoms. The number of hydrogen-bond donors (Lipinski definition) is 2. The highest BCUT2D eigenvalue weighted by molar-refractivity contribution is 8.01. The lowest BCUT2D eigenvalue weighted by atomic mass is 10.1. The maximum absolute atomic E-state index is 12.4. The van der Waals surface area contributed by atoms with Gasteiger partial charge < -0.3 is 10.6 Å². The topological polar surface area (TPSA) is 58.2 Å². The summed E-state index contributed by atoms with van der Waals surface area (Å²) >= 11 is 3.13. The smallest absolute Gasteiger partial charge is 0.255 e. The largest absolute Gasteiger partial charge is 0.324 e. The summed E-state index contributed by atoms with van der Waals surface area (Å²) in [6.45, 7) is 1.86. The molecule has 0 saturated heterocycles. The standard InChI is InChI=1S/C17H16N2O2S2/c1-10-16(20)19-14-8-11(6-7-15(14)23-10)17(21)18-12-4-3-5-13(9-12)22-2/h3-10H,1-2H3,(H,18,21)(H,19,20)/t10-/m0/s1. The Morgan fingerprint density at radius 1 is 1.26 bits per heavy atom. The fourth-order valence-corrected chi connectivity index (χ4v) is 3.64. The van der Waals surface area contributed by atoms with Gasteiger partial charge in [0, 0.05) is 21.0 Å². The van der Waals surface area contributed by atoms with Crippen LogP contribution in [0.2, 0.25) is 0 Å². The molecular formula is C17H16N2O2S2. The molecule has 0 spiro atoms. The molecule has 0 aliphatic carbocycles. The number of rotatable bonds is 3. The van der Waals surface area contributed by atoms with E-state index in [-0.39, 0.29) is 17.1 Å². The van der Waals surface area contributed by atoms with Crippen LogP contribution in [-0.2, 0) is 4.79 Å². The third-order valence-electron chi connectivity index (χ3n) is 3.50. The zero-order chi connectivity index (χ0) is 16.4. The van der Waals surface area contributed by atoms with Crippen molar-refractivity contribution in [3.63, 3.8) is 0 Å². The third kappa shape index (κ3) is 3.54. The minimum absolute atomic E-state index is 0.0345. The summed E-state index contributed by atoms with van der Waals surface area (Å²) in [6, 6.07) is 13.1. The van der Waals surface area contributed by atoms with Crippen LogP contribution in [0, 0.1) is 0 Å². The predicted octanol–water partition coefficient (Wildman–Crippen LogP) is 4.09. The molecule has 0 radical (unpaired) electrons. The maximum atomic E-state index is 12.4. The maximum Gasteiger partial charge on any atom is 0.255 e. The van der Waals surface area contributed by atoms with Crippen LogP contribution in [0.5, 0.6) is 0 Å². The summed E-state index contributed by atoms with van der Waals surface area (Å²) in [7, 11) is 0. The normalized spacial score (nSPS) is 16.4. The average Bonchev–Trinajstić information content (AvgIpc) is 2.55. The van der Waals surface area contributed by atoms with Crippen LogP contribution in [0.4, 0.5) is 11.4 Å². The van der Waals surface area contributed by atoms with E-state index in [1.54, 1.807) is 23.9 Å². The highest BCUT2D eigenvalue weighted by Crippen LogP contribution is 2.36. The van der Waals surface area contributed by atoms with Crippen LogP contribution >= 0.6 is 23.5 Å². The van der Waals surface area contributed by atoms with Crippen LogP contribution in [-0.4, -0.2) is 23.3 Å². The molecule has 0 aromatic heterocycles. The lowest BCUT2D eigenvalue weighted by Gasteiger charge is -2.21. The van der Waals surface area contributed by atoms with Gasteiger partial charge in [0.25, 0.3) is 5.91 Å². The van der Waals surface area contributed by atoms with Gasteiger partial charge in [-0.3, -0.25) is 9.59 Å². The van der Waals surface area contributed by atoms with Crippen molar-refractivity contribution in [3.05, 3.63) is 48.0 Å². The average molecular weight is 344 g/mol. The predicted molar refractivity (Wildman–Crippen MR) is 96.6 cm³/mol. The first kappa shape index (κ1) is 16.0. The molecule has 2 N–H and O–H groups in total. The molecule has 0 saturated carbocycles. The number of fused-ring (bicyclic) bond motifs is 1. The van der Waals surface area contributed by atoms with Gasteiger partial charge in [-0.1, -0.05) is 6.07 Å². The van der Waals surface area contributed by atoms with Crippen molar-refractivity contribution in [2.45, 2.75) is 22.0 Å². The van der Waals surface area contributed by atoms with Gasteiger partial charge in [-0.2, -0.15) is 0 Å². The highest BCUT2D eigenvalue weighted by atomic mass is 32.2. The molecule has 1 heterocycles. The van der Waals surface area contributed by atoms with Gasteiger partial charge in [-0.25, -0.2) is 0 Å². The van der Waals surface area contributed by atoms with E-state index in [1.807, 2.05) is 43.5 Å². The fourth-order valence-electron chi connectivity index (χ4n) is 2.25. The zero-order valence-electron chi connectivity index (χ0n) is 12.8. The summed E-state index contributed by atoms with van der Waals surface area (Å²) in [5.74, 6) is -0.225. The SMILES string of the molecule is CSc1cccc(NC(=O)c2ccc3c(c2)NC(=O)[C@H](C)S3)c1. The van der Waals surface area contributed by atoms with Gasteiger partial charge in [0.05, 0.1) is 10.9 Å². The molecule has 2 amide bonds. The molecule has 118 valence electrons. The van der Waals surface area contributed by atoms with Crippen LogP contribution in [0.15, 0.2) is 52.3 Å². The molecule has 0 unspecified atom stereocenters. The van der Waals surface area contributed by atoms with Crippen LogP contribution in [0.25, 0.3) is 0 Å². The number of thioether (sulfide) groups is 2. The number of carbonyl (C=O) groups excluding carboxylic acids is 2. The van der Waals surface area contributed by atoms with Gasteiger partial charge in [0.2, 0.25) is 5.91 Å². The Kier molecular flexibility index (Phi) is 4.63. The van der Waals surface area contributed by atoms with E-state index in [9.17, 15) is 9.59 Å². The second-order valence-corrected chi connectivity index (χ2v) is 7.41. The molecule has 3 rings (SSSR count). The van der Waals surface area contributed by atoms with E-state index in [1.165, 1.54) is 11.8 Å². The van der Waals surface area contributed by atoms with Crippen molar-refractivity contribution >= 4 is 46.7 Å². The second-order valence-electron chi connectivity index (χ2n) is 5.15. The third-order valence-corrected chi connectivity index (χ3v) is 5.40. The minimum Gasteiger partial charge on any atom is -0.324 e. The first-order valence-corrected chi connectivity index (χ1v) is 9.24. The van der Waals surface area contributed by atoms with Gasteiger partial charge in [0.1, 0.15) is 0 Å². The van der Waals surface area contributed by atoms with Crippen molar-refractivity contribution in [1.82, 2.24) is 0 Å². The molecule has 1 aliphatic rings. The first-order valence-electron chi connectivity index (χ1n) is 7.14. The van der Waals surface area contributed by atoms with E-state index < -0.39 is 0 Å². The van der Waals surface area contributed by atoms with Gasteiger partial charge in [0.15, 0.2) is 0 Å². The first-order chi connectivity index (χ1) is 11.1. The molecule has 0 bridgehead atoms. The number of carbonyl (C=O) groups is 2. The van der Waals surface area contributed by atoms with E-state index in [0.29, 0.717) is 11.3 Å². The lowest BCUT2D eigenvalue weighted by molar-refractivity contribution is -0.115. The highest BCUT2D eigenvalue weighted by Gasteiger charge is 2.23. The van der Waals surface area contributed by atoms with Crippen molar-refractivity contribution in [2.75, 3.05) is 16.9 Å². The van der Waals surface area contributed by atoms with E-state index in [2.05, 4.69) is 10.6 Å². The zero-order valence-corrected chi connectivity index (χ0v) is 14.4. The minimum atomic E-state index is -0.191. The Morgan fingerprint density at radius 2 is 2.09 bits per heavy atom. The molecule has 1 atom stereocenters. The molecular weight excluding hydrogens is 328 g/mol. The second kappa shape index (κ2) is 6.68. The molecule has 6 heteroatoms. The number of benzene rings is 2. The van der Waals surface area contributed by atoms with Crippen molar-refractivity contribution < 1.29 is 9.59 Å². The van der Waals surface area contributed by atoms with Crippen molar-refractivity contribution in [3.8, 4) is 0 Å². The van der Waals surface area contributed by atoms with Crippen LogP contribution in [0.3, 0.4) is 0 Å².